The Morgan fingerprint density at radius 2 is 1.65 bits per heavy atom. The number of carbonyl (C=O) groups is 4. The van der Waals surface area contributed by atoms with Gasteiger partial charge in [-0.1, -0.05) is 0 Å². The van der Waals surface area contributed by atoms with Crippen molar-refractivity contribution in [2.75, 3.05) is 6.61 Å². The van der Waals surface area contributed by atoms with E-state index in [-0.39, 0.29) is 23.6 Å². The molecule has 4 heterocycles. The Labute approximate surface area is 226 Å². The van der Waals surface area contributed by atoms with Gasteiger partial charge in [0, 0.05) is 24.7 Å². The molecule has 0 saturated heterocycles. The van der Waals surface area contributed by atoms with Gasteiger partial charge in [-0.15, -0.1) is 0 Å². The number of hydrogen-bond donors (Lipinski definition) is 1. The highest BCUT2D eigenvalue weighted by molar-refractivity contribution is 6.37. The van der Waals surface area contributed by atoms with Crippen LogP contribution in [0.4, 0.5) is 0 Å². The lowest BCUT2D eigenvalue weighted by molar-refractivity contribution is -0.148. The first-order chi connectivity index (χ1) is 19.3. The Balaban J connectivity index is 0.000000241. The second kappa shape index (κ2) is 13.5. The summed E-state index contributed by atoms with van der Waals surface area (Å²) in [6, 6.07) is 15.1. The van der Waals surface area contributed by atoms with Gasteiger partial charge in [0.05, 0.1) is 47.4 Å². The van der Waals surface area contributed by atoms with E-state index < -0.39 is 29.9 Å². The molecule has 0 aliphatic rings. The average Bonchev–Trinajstić information content (AvgIpc) is 3.44. The highest BCUT2D eigenvalue weighted by Gasteiger charge is 2.19. The molecule has 198 valence electrons. The summed E-state index contributed by atoms with van der Waals surface area (Å²) >= 11 is 0. The first kappa shape index (κ1) is 28.5. The Kier molecular flexibility index (Phi) is 9.59. The van der Waals surface area contributed by atoms with E-state index >= 15 is 0 Å². The second-order valence-electron chi connectivity index (χ2n) is 7.67. The van der Waals surface area contributed by atoms with E-state index in [2.05, 4.69) is 20.1 Å². The van der Waals surface area contributed by atoms with Crippen molar-refractivity contribution in [3.8, 4) is 29.2 Å². The Hall–Kier alpha value is -6.08. The van der Waals surface area contributed by atoms with Gasteiger partial charge in [-0.05, 0) is 43.3 Å². The molecule has 40 heavy (non-hydrogen) atoms. The number of esters is 1. The van der Waals surface area contributed by atoms with Gasteiger partial charge in [0.25, 0.3) is 0 Å². The van der Waals surface area contributed by atoms with Crippen LogP contribution in [-0.4, -0.2) is 60.0 Å². The Bertz CT molecular complexity index is 1620. The molecule has 13 heteroatoms. The van der Waals surface area contributed by atoms with Crippen LogP contribution >= 0.6 is 0 Å². The minimum absolute atomic E-state index is 0.0337. The zero-order valence-corrected chi connectivity index (χ0v) is 20.9. The summed E-state index contributed by atoms with van der Waals surface area (Å²) in [4.78, 5) is 56.3. The molecule has 0 aromatic carbocycles. The van der Waals surface area contributed by atoms with E-state index in [0.29, 0.717) is 22.6 Å². The Morgan fingerprint density at radius 1 is 0.950 bits per heavy atom. The van der Waals surface area contributed by atoms with Crippen LogP contribution in [0.5, 0.6) is 0 Å². The first-order valence-corrected chi connectivity index (χ1v) is 11.5. The molecule has 0 fully saturated rings. The van der Waals surface area contributed by atoms with Gasteiger partial charge < -0.3 is 9.84 Å². The van der Waals surface area contributed by atoms with Crippen molar-refractivity contribution in [2.45, 2.75) is 13.3 Å². The molecular weight excluding hydrogens is 518 g/mol. The van der Waals surface area contributed by atoms with Crippen LogP contribution in [0.3, 0.4) is 0 Å². The maximum absolute atomic E-state index is 12.0. The van der Waals surface area contributed by atoms with Gasteiger partial charge in [0.15, 0.2) is 11.5 Å². The summed E-state index contributed by atoms with van der Waals surface area (Å²) in [6.07, 6.45) is 5.21. The van der Waals surface area contributed by atoms with Crippen molar-refractivity contribution in [2.24, 2.45) is 0 Å². The number of pyridine rings is 3. The predicted octanol–water partition coefficient (Wildman–Crippen LogP) is 2.56. The number of carbonyl (C=O) groups excluding carboxylic acids is 3. The normalized spacial score (nSPS) is 9.78. The molecule has 0 aliphatic heterocycles. The molecule has 4 aromatic heterocycles. The fourth-order valence-corrected chi connectivity index (χ4v) is 3.09. The molecule has 0 aliphatic carbocycles. The zero-order valence-electron chi connectivity index (χ0n) is 20.9. The van der Waals surface area contributed by atoms with Gasteiger partial charge in [-0.25, -0.2) is 14.3 Å². The summed E-state index contributed by atoms with van der Waals surface area (Å²) in [6.45, 7) is 2.00. The van der Waals surface area contributed by atoms with Crippen LogP contribution in [0.25, 0.3) is 17.1 Å². The number of ether oxygens (including phenoxy) is 1. The smallest absolute Gasteiger partial charge is 0.372 e. The number of ketones is 2. The lowest BCUT2D eigenvalue weighted by Gasteiger charge is -2.06. The monoisotopic (exact) mass is 537 g/mol. The van der Waals surface area contributed by atoms with Crippen LogP contribution in [0.2, 0.25) is 0 Å². The van der Waals surface area contributed by atoms with Crippen LogP contribution in [0, 0.1) is 22.7 Å². The van der Waals surface area contributed by atoms with Gasteiger partial charge in [-0.3, -0.25) is 24.5 Å². The number of carboxylic acids is 1. The summed E-state index contributed by atoms with van der Waals surface area (Å²) < 4.78 is 6.59. The summed E-state index contributed by atoms with van der Waals surface area (Å²) in [5, 5.41) is 30.0. The third kappa shape index (κ3) is 7.24. The second-order valence-corrected chi connectivity index (χ2v) is 7.67. The van der Waals surface area contributed by atoms with Gasteiger partial charge in [0.2, 0.25) is 5.78 Å². The molecule has 1 N–H and O–H groups in total. The topological polar surface area (TPSA) is 202 Å². The average molecular weight is 537 g/mol. The molecular formula is C27H19N7O6. The quantitative estimate of drug-likeness (QED) is 0.149. The zero-order chi connectivity index (χ0) is 29.1. The highest BCUT2D eigenvalue weighted by Crippen LogP contribution is 2.22. The van der Waals surface area contributed by atoms with Gasteiger partial charge in [-0.2, -0.15) is 15.6 Å². The molecule has 0 radical (unpaired) electrons. The summed E-state index contributed by atoms with van der Waals surface area (Å²) in [5.74, 6) is -4.02. The summed E-state index contributed by atoms with van der Waals surface area (Å²) in [5.41, 5.74) is 2.76. The third-order valence-corrected chi connectivity index (χ3v) is 4.98. The molecule has 0 saturated carbocycles. The minimum Gasteiger partial charge on any atom is -0.475 e. The third-order valence-electron chi connectivity index (χ3n) is 4.98. The van der Waals surface area contributed by atoms with E-state index in [9.17, 15) is 19.2 Å². The van der Waals surface area contributed by atoms with Crippen molar-refractivity contribution >= 4 is 23.5 Å². The number of hydrogen-bond acceptors (Lipinski definition) is 11. The number of nitriles is 2. The van der Waals surface area contributed by atoms with Crippen molar-refractivity contribution in [3.63, 3.8) is 0 Å². The fourth-order valence-electron chi connectivity index (χ4n) is 3.09. The van der Waals surface area contributed by atoms with Crippen LogP contribution in [0.15, 0.2) is 67.3 Å². The largest absolute Gasteiger partial charge is 0.475 e. The maximum atomic E-state index is 12.0. The van der Waals surface area contributed by atoms with Crippen molar-refractivity contribution in [1.82, 2.24) is 24.7 Å². The summed E-state index contributed by atoms with van der Waals surface area (Å²) in [7, 11) is 0. The first-order valence-electron chi connectivity index (χ1n) is 11.5. The van der Waals surface area contributed by atoms with Crippen LogP contribution < -0.4 is 0 Å². The molecule has 4 aromatic rings. The van der Waals surface area contributed by atoms with Crippen LogP contribution in [0.1, 0.15) is 45.4 Å². The molecule has 0 spiro atoms. The molecule has 4 rings (SSSR count). The molecule has 0 bridgehead atoms. The Morgan fingerprint density at radius 3 is 2.17 bits per heavy atom. The highest BCUT2D eigenvalue weighted by atomic mass is 16.5. The van der Waals surface area contributed by atoms with E-state index in [1.165, 1.54) is 24.5 Å². The lowest BCUT2D eigenvalue weighted by Crippen LogP contribution is -2.17. The number of aliphatic carboxylic acids is 1. The van der Waals surface area contributed by atoms with Crippen molar-refractivity contribution in [3.05, 3.63) is 89.8 Å². The van der Waals surface area contributed by atoms with E-state index in [1.807, 2.05) is 18.2 Å². The standard InChI is InChI=1S/C17H13N5O2.C10H6N2O4/c1-2-24-17(23)15-8-16(14-6-5-12(9-18)10-20-14)22(21-15)13-4-3-7-19-11-13;11-4-6-1-2-7(12-5-6)8(13)3-9(14)10(15)16/h3-8,10-11H,2H2,1H3;1-2,5H,3H2,(H,15,16). The minimum atomic E-state index is -1.65. The van der Waals surface area contributed by atoms with Crippen LogP contribution in [-0.2, 0) is 14.3 Å². The number of Topliss-reactive ketones (excluding diaryl/α,β-unsaturated/α-hetero) is 2. The number of carboxylic acid groups (broad SMARTS) is 1. The molecule has 0 unspecified atom stereocenters. The van der Waals surface area contributed by atoms with E-state index in [1.54, 1.807) is 48.3 Å². The predicted molar refractivity (Wildman–Crippen MR) is 136 cm³/mol. The maximum Gasteiger partial charge on any atom is 0.372 e. The van der Waals surface area contributed by atoms with E-state index in [0.717, 1.165) is 0 Å². The molecule has 0 atom stereocenters. The SMILES string of the molecule is CCOC(=O)c1cc(-c2ccc(C#N)cn2)n(-c2cccnc2)n1.N#Cc1ccc(C(=O)CC(=O)C(=O)O)nc1. The van der Waals surface area contributed by atoms with E-state index in [4.69, 9.17) is 20.4 Å². The van der Waals surface area contributed by atoms with Gasteiger partial charge >= 0.3 is 11.9 Å². The molecule has 13 nitrogen and oxygen atoms in total. The van der Waals surface area contributed by atoms with Crippen molar-refractivity contribution < 1.29 is 29.0 Å². The molecule has 0 amide bonds. The fraction of sp³-hybridized carbons (Fsp3) is 0.111. The number of rotatable bonds is 8. The van der Waals surface area contributed by atoms with Crippen molar-refractivity contribution in [1.29, 1.82) is 10.5 Å². The number of aromatic nitrogens is 5. The number of nitrogens with zero attached hydrogens (tertiary/aromatic N) is 7. The van der Waals surface area contributed by atoms with Gasteiger partial charge in [0.1, 0.15) is 17.8 Å². The lowest BCUT2D eigenvalue weighted by atomic mass is 10.1.